The molecular weight excluding hydrogens is 468 g/mol. The minimum atomic E-state index is 0.531. The number of aryl methyl sites for hydroxylation is 3. The SMILES string of the molecule is CCc1ccc(CN2CCN(C)CC2)cc1/C=C/c1c(C)ncc(C#N)c1Nc1ccc2[nH]ccc2c1C. The first-order chi connectivity index (χ1) is 18.5. The van der Waals surface area contributed by atoms with Crippen molar-refractivity contribution in [3.05, 3.63) is 87.9 Å². The van der Waals surface area contributed by atoms with Crippen LogP contribution >= 0.6 is 0 Å². The van der Waals surface area contributed by atoms with Gasteiger partial charge in [-0.2, -0.15) is 5.26 Å². The molecule has 0 saturated carbocycles. The first-order valence-electron chi connectivity index (χ1n) is 13.4. The van der Waals surface area contributed by atoms with Crippen molar-refractivity contribution in [2.45, 2.75) is 33.7 Å². The number of fused-ring (bicyclic) bond motifs is 1. The number of rotatable bonds is 7. The van der Waals surface area contributed by atoms with Crippen molar-refractivity contribution in [2.75, 3.05) is 38.5 Å². The third-order valence-corrected chi connectivity index (χ3v) is 7.72. The fourth-order valence-corrected chi connectivity index (χ4v) is 5.26. The molecule has 1 aliphatic rings. The van der Waals surface area contributed by atoms with Crippen LogP contribution < -0.4 is 5.32 Å². The molecule has 1 saturated heterocycles. The number of nitrogens with zero attached hydrogens (tertiary/aromatic N) is 4. The minimum Gasteiger partial charge on any atom is -0.361 e. The van der Waals surface area contributed by atoms with Gasteiger partial charge in [-0.05, 0) is 67.8 Å². The van der Waals surface area contributed by atoms with Crippen LogP contribution in [0, 0.1) is 25.2 Å². The molecule has 2 aromatic heterocycles. The first kappa shape index (κ1) is 25.7. The Morgan fingerprint density at radius 2 is 1.89 bits per heavy atom. The summed E-state index contributed by atoms with van der Waals surface area (Å²) in [6, 6.07) is 15.4. The number of nitrogens with one attached hydrogen (secondary N) is 2. The smallest absolute Gasteiger partial charge is 0.103 e. The van der Waals surface area contributed by atoms with E-state index in [9.17, 15) is 5.26 Å². The molecule has 1 aliphatic heterocycles. The molecule has 0 spiro atoms. The second-order valence-corrected chi connectivity index (χ2v) is 10.3. The molecule has 3 heterocycles. The average molecular weight is 505 g/mol. The van der Waals surface area contributed by atoms with E-state index in [0.29, 0.717) is 5.56 Å². The first-order valence-corrected chi connectivity index (χ1v) is 13.4. The molecule has 38 heavy (non-hydrogen) atoms. The van der Waals surface area contributed by atoms with Gasteiger partial charge in [0.25, 0.3) is 0 Å². The van der Waals surface area contributed by atoms with E-state index in [1.807, 2.05) is 13.1 Å². The van der Waals surface area contributed by atoms with Crippen LogP contribution in [0.4, 0.5) is 11.4 Å². The molecule has 0 unspecified atom stereocenters. The number of nitriles is 1. The third kappa shape index (κ3) is 5.35. The van der Waals surface area contributed by atoms with E-state index in [1.54, 1.807) is 6.20 Å². The van der Waals surface area contributed by atoms with Gasteiger partial charge in [0, 0.05) is 73.0 Å². The molecule has 0 bridgehead atoms. The highest BCUT2D eigenvalue weighted by Gasteiger charge is 2.16. The van der Waals surface area contributed by atoms with E-state index in [4.69, 9.17) is 0 Å². The van der Waals surface area contributed by atoms with Crippen LogP contribution in [0.5, 0.6) is 0 Å². The molecule has 0 radical (unpaired) electrons. The lowest BCUT2D eigenvalue weighted by Gasteiger charge is -2.32. The monoisotopic (exact) mass is 504 g/mol. The van der Waals surface area contributed by atoms with Crippen LogP contribution in [0.15, 0.2) is 48.8 Å². The number of aromatic nitrogens is 2. The lowest BCUT2D eigenvalue weighted by Crippen LogP contribution is -2.43. The van der Waals surface area contributed by atoms with Crippen molar-refractivity contribution in [3.63, 3.8) is 0 Å². The van der Waals surface area contributed by atoms with E-state index in [2.05, 4.69) is 101 Å². The highest BCUT2D eigenvalue weighted by molar-refractivity contribution is 5.91. The molecule has 194 valence electrons. The summed E-state index contributed by atoms with van der Waals surface area (Å²) in [6.07, 6.45) is 8.88. The maximum atomic E-state index is 9.93. The van der Waals surface area contributed by atoms with Gasteiger partial charge in [0.2, 0.25) is 0 Å². The predicted molar refractivity (Wildman–Crippen MR) is 158 cm³/mol. The second-order valence-electron chi connectivity index (χ2n) is 10.3. The van der Waals surface area contributed by atoms with Crippen LogP contribution in [-0.4, -0.2) is 53.0 Å². The summed E-state index contributed by atoms with van der Waals surface area (Å²) in [4.78, 5) is 12.7. The Bertz CT molecular complexity index is 1520. The normalized spacial score (nSPS) is 14.8. The van der Waals surface area contributed by atoms with Gasteiger partial charge in [-0.15, -0.1) is 0 Å². The molecule has 5 rings (SSSR count). The summed E-state index contributed by atoms with van der Waals surface area (Å²) < 4.78 is 0. The van der Waals surface area contributed by atoms with Crippen molar-refractivity contribution < 1.29 is 0 Å². The van der Waals surface area contributed by atoms with Crippen LogP contribution in [0.1, 0.15) is 46.0 Å². The Morgan fingerprint density at radius 3 is 2.66 bits per heavy atom. The van der Waals surface area contributed by atoms with Crippen molar-refractivity contribution >= 4 is 34.4 Å². The third-order valence-electron chi connectivity index (χ3n) is 7.72. The number of anilines is 2. The number of pyridine rings is 1. The Hall–Kier alpha value is -3.92. The summed E-state index contributed by atoms with van der Waals surface area (Å²) in [7, 11) is 2.19. The molecule has 1 fully saturated rings. The summed E-state index contributed by atoms with van der Waals surface area (Å²) in [5.74, 6) is 0. The van der Waals surface area contributed by atoms with Crippen LogP contribution in [0.3, 0.4) is 0 Å². The fourth-order valence-electron chi connectivity index (χ4n) is 5.26. The topological polar surface area (TPSA) is 71.0 Å². The molecule has 2 N–H and O–H groups in total. The number of H-pyrrole nitrogens is 1. The number of hydrogen-bond acceptors (Lipinski definition) is 5. The highest BCUT2D eigenvalue weighted by atomic mass is 15.2. The lowest BCUT2D eigenvalue weighted by molar-refractivity contribution is 0.148. The summed E-state index contributed by atoms with van der Waals surface area (Å²) >= 11 is 0. The lowest BCUT2D eigenvalue weighted by atomic mass is 9.99. The number of aromatic amines is 1. The zero-order valence-electron chi connectivity index (χ0n) is 22.8. The van der Waals surface area contributed by atoms with Gasteiger partial charge in [-0.25, -0.2) is 0 Å². The molecule has 2 aromatic carbocycles. The van der Waals surface area contributed by atoms with Gasteiger partial charge >= 0.3 is 0 Å². The quantitative estimate of drug-likeness (QED) is 0.310. The van der Waals surface area contributed by atoms with Crippen molar-refractivity contribution in [3.8, 4) is 6.07 Å². The second kappa shape index (κ2) is 11.2. The van der Waals surface area contributed by atoms with Gasteiger partial charge < -0.3 is 15.2 Å². The van der Waals surface area contributed by atoms with E-state index in [-0.39, 0.29) is 0 Å². The minimum absolute atomic E-state index is 0.531. The van der Waals surface area contributed by atoms with E-state index in [1.165, 1.54) is 22.1 Å². The van der Waals surface area contributed by atoms with Gasteiger partial charge in [0.15, 0.2) is 0 Å². The highest BCUT2D eigenvalue weighted by Crippen LogP contribution is 2.32. The van der Waals surface area contributed by atoms with E-state index < -0.39 is 0 Å². The zero-order chi connectivity index (χ0) is 26.6. The predicted octanol–water partition coefficient (Wildman–Crippen LogP) is 6.28. The van der Waals surface area contributed by atoms with Gasteiger partial charge in [0.1, 0.15) is 6.07 Å². The molecular formula is C32H36N6. The molecule has 6 nitrogen and oxygen atoms in total. The molecule has 0 aliphatic carbocycles. The Labute approximate surface area is 225 Å². The van der Waals surface area contributed by atoms with Gasteiger partial charge in [-0.1, -0.05) is 37.3 Å². The largest absolute Gasteiger partial charge is 0.361 e. The van der Waals surface area contributed by atoms with Crippen molar-refractivity contribution in [1.29, 1.82) is 5.26 Å². The van der Waals surface area contributed by atoms with Gasteiger partial charge in [-0.3, -0.25) is 9.88 Å². The standard InChI is InChI=1S/C32H36N6/c1-5-25-7-6-24(21-38-16-14-37(4)15-17-38)18-26(25)8-9-29-23(3)35-20-27(19-33)32(29)36-30-10-11-31-28(22(30)2)12-13-34-31/h6-13,18,20,34H,5,14-17,21H2,1-4H3,(H,35,36)/b9-8+. The Kier molecular flexibility index (Phi) is 7.59. The van der Waals surface area contributed by atoms with E-state index in [0.717, 1.165) is 72.9 Å². The van der Waals surface area contributed by atoms with Crippen LogP contribution in [0.25, 0.3) is 23.1 Å². The number of benzene rings is 2. The number of likely N-dealkylation sites (N-methyl/N-ethyl adjacent to an activating group) is 1. The fraction of sp³-hybridized carbons (Fsp3) is 0.312. The maximum Gasteiger partial charge on any atom is 0.103 e. The van der Waals surface area contributed by atoms with Gasteiger partial charge in [0.05, 0.1) is 11.3 Å². The Balaban J connectivity index is 1.48. The Morgan fingerprint density at radius 1 is 1.08 bits per heavy atom. The zero-order valence-corrected chi connectivity index (χ0v) is 22.8. The van der Waals surface area contributed by atoms with Crippen molar-refractivity contribution in [2.24, 2.45) is 0 Å². The van der Waals surface area contributed by atoms with E-state index >= 15 is 0 Å². The molecule has 6 heteroatoms. The molecule has 4 aromatic rings. The number of hydrogen-bond donors (Lipinski definition) is 2. The summed E-state index contributed by atoms with van der Waals surface area (Å²) in [5.41, 5.74) is 10.2. The molecule has 0 amide bonds. The van der Waals surface area contributed by atoms with Crippen LogP contribution in [-0.2, 0) is 13.0 Å². The average Bonchev–Trinajstić information content (AvgIpc) is 3.41. The van der Waals surface area contributed by atoms with Crippen molar-refractivity contribution in [1.82, 2.24) is 19.8 Å². The van der Waals surface area contributed by atoms with Crippen LogP contribution in [0.2, 0.25) is 0 Å². The molecule has 0 atom stereocenters. The summed E-state index contributed by atoms with van der Waals surface area (Å²) in [5, 5.41) is 14.7. The summed E-state index contributed by atoms with van der Waals surface area (Å²) in [6.45, 7) is 11.7. The number of piperazine rings is 1. The maximum absolute atomic E-state index is 9.93.